The molecule has 0 radical (unpaired) electrons. The zero-order valence-electron chi connectivity index (χ0n) is 21.8. The molecule has 2 aliphatic rings. The molecule has 2 aromatic rings. The molecule has 1 fully saturated rings. The number of para-hydroxylation sites is 1. The number of hydrogen-bond acceptors (Lipinski definition) is 7. The molecule has 0 aromatic heterocycles. The van der Waals surface area contributed by atoms with Gasteiger partial charge in [-0.3, -0.25) is 14.8 Å². The maximum Gasteiger partial charge on any atom is 0.251 e. The van der Waals surface area contributed by atoms with Crippen LogP contribution in [0.15, 0.2) is 53.4 Å². The van der Waals surface area contributed by atoms with Gasteiger partial charge >= 0.3 is 0 Å². The first kappa shape index (κ1) is 27.1. The van der Waals surface area contributed by atoms with Crippen LogP contribution >= 0.6 is 0 Å². The Morgan fingerprint density at radius 2 is 1.76 bits per heavy atom. The molecule has 2 aromatic carbocycles. The topological polar surface area (TPSA) is 119 Å². The molecule has 2 atom stereocenters. The largest absolute Gasteiger partial charge is 0.365 e. The number of nitrogens with one attached hydrogen (secondary N) is 2. The predicted molar refractivity (Wildman–Crippen MR) is 141 cm³/mol. The van der Waals surface area contributed by atoms with Crippen LogP contribution in [-0.2, 0) is 21.2 Å². The maximum absolute atomic E-state index is 13.0. The van der Waals surface area contributed by atoms with Gasteiger partial charge in [-0.05, 0) is 49.6 Å². The van der Waals surface area contributed by atoms with Crippen molar-refractivity contribution in [1.82, 2.24) is 15.7 Å². The van der Waals surface area contributed by atoms with E-state index < -0.39 is 32.5 Å². The summed E-state index contributed by atoms with van der Waals surface area (Å²) in [5.74, 6) is -0.906. The molecule has 0 saturated carbocycles. The number of hydroxylamine groups is 1. The second-order valence-electron chi connectivity index (χ2n) is 11.1. The number of likely N-dealkylation sites (tertiary alicyclic amines) is 1. The molecule has 9 nitrogen and oxygen atoms in total. The highest BCUT2D eigenvalue weighted by Crippen LogP contribution is 2.39. The number of sulfone groups is 1. The molecule has 2 amide bonds. The zero-order chi connectivity index (χ0) is 27.0. The van der Waals surface area contributed by atoms with Crippen molar-refractivity contribution in [2.45, 2.75) is 49.9 Å². The van der Waals surface area contributed by atoms with E-state index in [-0.39, 0.29) is 5.91 Å². The number of hydrogen-bond donors (Lipinski definition) is 3. The Hall–Kier alpha value is -2.95. The first-order valence-electron chi connectivity index (χ1n) is 12.6. The minimum Gasteiger partial charge on any atom is -0.365 e. The third kappa shape index (κ3) is 5.51. The number of fused-ring (bicyclic) bond motifs is 1. The van der Waals surface area contributed by atoms with Crippen molar-refractivity contribution in [2.75, 3.05) is 31.1 Å². The van der Waals surface area contributed by atoms with Crippen LogP contribution in [0.3, 0.4) is 0 Å². The zero-order valence-corrected chi connectivity index (χ0v) is 22.6. The van der Waals surface area contributed by atoms with Crippen LogP contribution in [0.1, 0.15) is 43.6 Å². The monoisotopic (exact) mass is 528 g/mol. The lowest BCUT2D eigenvalue weighted by molar-refractivity contribution is -0.133. The number of amides is 2. The van der Waals surface area contributed by atoms with Crippen LogP contribution in [0.4, 0.5) is 5.69 Å². The van der Waals surface area contributed by atoms with Gasteiger partial charge in [0.05, 0.1) is 27.3 Å². The van der Waals surface area contributed by atoms with Gasteiger partial charge < -0.3 is 15.1 Å². The summed E-state index contributed by atoms with van der Waals surface area (Å²) < 4.78 is 25.1. The van der Waals surface area contributed by atoms with E-state index in [1.165, 1.54) is 0 Å². The fourth-order valence-electron chi connectivity index (χ4n) is 5.29. The molecular weight excluding hydrogens is 492 g/mol. The molecule has 0 spiro atoms. The Kier molecular flexibility index (Phi) is 7.64. The van der Waals surface area contributed by atoms with Crippen LogP contribution in [-0.4, -0.2) is 67.3 Å². The van der Waals surface area contributed by atoms with Gasteiger partial charge in [-0.25, -0.2) is 13.9 Å². The van der Waals surface area contributed by atoms with Crippen LogP contribution in [0.25, 0.3) is 0 Å². The summed E-state index contributed by atoms with van der Waals surface area (Å²) in [6.45, 7) is 10.3. The number of rotatable bonds is 7. The minimum atomic E-state index is -3.44. The molecule has 2 heterocycles. The van der Waals surface area contributed by atoms with Gasteiger partial charge in [-0.15, -0.1) is 0 Å². The number of benzene rings is 2. The highest BCUT2D eigenvalue weighted by Gasteiger charge is 2.43. The highest BCUT2D eigenvalue weighted by molar-refractivity contribution is 7.93. The summed E-state index contributed by atoms with van der Waals surface area (Å²) in [6.07, 6.45) is 0. The van der Waals surface area contributed by atoms with Crippen molar-refractivity contribution in [3.63, 3.8) is 0 Å². The molecule has 37 heavy (non-hydrogen) atoms. The maximum atomic E-state index is 13.0. The summed E-state index contributed by atoms with van der Waals surface area (Å²) >= 11 is 0. The van der Waals surface area contributed by atoms with Crippen molar-refractivity contribution >= 4 is 27.3 Å². The second kappa shape index (κ2) is 10.4. The molecule has 0 aliphatic carbocycles. The summed E-state index contributed by atoms with van der Waals surface area (Å²) in [4.78, 5) is 29.7. The number of anilines is 1. The molecule has 3 N–H and O–H groups in total. The lowest BCUT2D eigenvalue weighted by atomic mass is 10.0. The van der Waals surface area contributed by atoms with Crippen molar-refractivity contribution < 1.29 is 23.2 Å². The van der Waals surface area contributed by atoms with Gasteiger partial charge in [0.25, 0.3) is 5.91 Å². The third-order valence-electron chi connectivity index (χ3n) is 7.17. The predicted octanol–water partition coefficient (Wildman–Crippen LogP) is 2.45. The van der Waals surface area contributed by atoms with E-state index in [1.54, 1.807) is 43.6 Å². The van der Waals surface area contributed by atoms with E-state index in [4.69, 9.17) is 5.21 Å². The van der Waals surface area contributed by atoms with E-state index in [1.807, 2.05) is 24.3 Å². The summed E-state index contributed by atoms with van der Waals surface area (Å²) in [5.41, 5.74) is 3.83. The van der Waals surface area contributed by atoms with Gasteiger partial charge in [0.1, 0.15) is 0 Å². The Labute approximate surface area is 218 Å². The first-order valence-corrected chi connectivity index (χ1v) is 14.1. The third-order valence-corrected chi connectivity index (χ3v) is 9.67. The SMILES string of the molecule is CC(C)CN1C[C@H](C(=O)NO)[C@H](NC(=O)c2ccc(CN3CC(C)(C)S(=O)(=O)c4ccccc43)cc2)C1. The summed E-state index contributed by atoms with van der Waals surface area (Å²) in [7, 11) is -3.44. The molecular formula is C27H36N4O5S. The van der Waals surface area contributed by atoms with Gasteiger partial charge in [-0.1, -0.05) is 38.1 Å². The van der Waals surface area contributed by atoms with E-state index in [9.17, 15) is 18.0 Å². The Balaban J connectivity index is 1.46. The molecule has 4 rings (SSSR count). The lowest BCUT2D eigenvalue weighted by Crippen LogP contribution is -2.48. The van der Waals surface area contributed by atoms with Gasteiger partial charge in [0.2, 0.25) is 5.91 Å². The normalized spacial score (nSPS) is 22.5. The van der Waals surface area contributed by atoms with Crippen molar-refractivity contribution in [3.05, 3.63) is 59.7 Å². The van der Waals surface area contributed by atoms with Crippen molar-refractivity contribution in [1.29, 1.82) is 0 Å². The summed E-state index contributed by atoms with van der Waals surface area (Å²) in [5, 5.41) is 12.1. The standard InChI is InChI=1S/C27H36N4O5S/c1-18(2)13-30-15-21(26(33)29-34)22(16-30)28-25(32)20-11-9-19(10-12-20)14-31-17-27(3,4)37(35,36)24-8-6-5-7-23(24)31/h5-12,18,21-22,34H,13-17H2,1-4H3,(H,28,32)(H,29,33)/t21-,22+/m0/s1. The number of carbonyl (C=O) groups is 2. The highest BCUT2D eigenvalue weighted by atomic mass is 32.2. The van der Waals surface area contributed by atoms with Gasteiger partial charge in [-0.2, -0.15) is 0 Å². The van der Waals surface area contributed by atoms with Crippen molar-refractivity contribution in [3.8, 4) is 0 Å². The number of nitrogens with zero attached hydrogens (tertiary/aromatic N) is 2. The van der Waals surface area contributed by atoms with E-state index in [0.717, 1.165) is 12.1 Å². The van der Waals surface area contributed by atoms with E-state index >= 15 is 0 Å². The van der Waals surface area contributed by atoms with E-state index in [0.29, 0.717) is 48.2 Å². The lowest BCUT2D eigenvalue weighted by Gasteiger charge is -2.40. The van der Waals surface area contributed by atoms with Crippen molar-refractivity contribution in [2.24, 2.45) is 11.8 Å². The molecule has 1 saturated heterocycles. The van der Waals surface area contributed by atoms with Crippen LogP contribution in [0, 0.1) is 11.8 Å². The Bertz CT molecular complexity index is 1260. The first-order chi connectivity index (χ1) is 17.4. The Morgan fingerprint density at radius 3 is 2.41 bits per heavy atom. The molecule has 0 bridgehead atoms. The molecule has 10 heteroatoms. The minimum absolute atomic E-state index is 0.283. The van der Waals surface area contributed by atoms with Gasteiger partial charge in [0, 0.05) is 38.3 Å². The Morgan fingerprint density at radius 1 is 1.08 bits per heavy atom. The molecule has 0 unspecified atom stereocenters. The quantitative estimate of drug-likeness (QED) is 0.373. The average molecular weight is 529 g/mol. The van der Waals surface area contributed by atoms with Gasteiger partial charge in [0.15, 0.2) is 9.84 Å². The average Bonchev–Trinajstić information content (AvgIpc) is 3.23. The fraction of sp³-hybridized carbons (Fsp3) is 0.481. The van der Waals surface area contributed by atoms with Crippen LogP contribution in [0.2, 0.25) is 0 Å². The summed E-state index contributed by atoms with van der Waals surface area (Å²) in [6, 6.07) is 13.9. The molecule has 2 aliphatic heterocycles. The smallest absolute Gasteiger partial charge is 0.251 e. The second-order valence-corrected chi connectivity index (χ2v) is 13.6. The van der Waals surface area contributed by atoms with E-state index in [2.05, 4.69) is 29.0 Å². The molecule has 200 valence electrons. The van der Waals surface area contributed by atoms with Crippen LogP contribution in [0.5, 0.6) is 0 Å². The fourth-order valence-corrected chi connectivity index (χ4v) is 6.94. The number of carbonyl (C=O) groups excluding carboxylic acids is 2. The van der Waals surface area contributed by atoms with Crippen LogP contribution < -0.4 is 15.7 Å².